The van der Waals surface area contributed by atoms with E-state index in [9.17, 15) is 14.7 Å². The molecule has 0 spiro atoms. The quantitative estimate of drug-likeness (QED) is 0.623. The summed E-state index contributed by atoms with van der Waals surface area (Å²) < 4.78 is 2.20. The first-order valence-electron chi connectivity index (χ1n) is 6.32. The molecular weight excluding hydrogens is 417 g/mol. The van der Waals surface area contributed by atoms with Crippen molar-refractivity contribution >= 4 is 57.0 Å². The molecule has 0 aliphatic heterocycles. The molecule has 1 aromatic heterocycles. The summed E-state index contributed by atoms with van der Waals surface area (Å²) in [6.45, 7) is 0. The lowest BCUT2D eigenvalue weighted by molar-refractivity contribution is 0.0699. The van der Waals surface area contributed by atoms with Crippen molar-refractivity contribution in [2.75, 3.05) is 0 Å². The topological polar surface area (TPSA) is 59.3 Å². The van der Waals surface area contributed by atoms with Gasteiger partial charge in [0.1, 0.15) is 0 Å². The second kappa shape index (κ2) is 5.73. The molecular formula is C16H9ClINO3. The maximum absolute atomic E-state index is 12.8. The third-order valence-electron chi connectivity index (χ3n) is 3.32. The Morgan fingerprint density at radius 1 is 1.09 bits per heavy atom. The summed E-state index contributed by atoms with van der Waals surface area (Å²) >= 11 is 8.20. The van der Waals surface area contributed by atoms with Crippen LogP contribution in [0.1, 0.15) is 20.7 Å². The number of benzene rings is 2. The highest BCUT2D eigenvalue weighted by molar-refractivity contribution is 14.1. The molecule has 0 aliphatic carbocycles. The molecule has 6 heteroatoms. The normalized spacial score (nSPS) is 10.8. The minimum absolute atomic E-state index is 0.0886. The summed E-state index contributed by atoms with van der Waals surface area (Å²) in [4.78, 5) is 24.1. The largest absolute Gasteiger partial charge is 0.478 e. The molecule has 0 bridgehead atoms. The van der Waals surface area contributed by atoms with Crippen LogP contribution in [-0.4, -0.2) is 21.6 Å². The van der Waals surface area contributed by atoms with Crippen molar-refractivity contribution < 1.29 is 14.7 Å². The molecule has 0 amide bonds. The Bertz CT molecular complexity index is 917. The number of aromatic carboxylic acids is 1. The number of hydrogen-bond donors (Lipinski definition) is 1. The predicted octanol–water partition coefficient (Wildman–Crippen LogP) is 4.29. The average Bonchev–Trinajstić information content (AvgIpc) is 2.89. The number of para-hydroxylation sites is 1. The van der Waals surface area contributed by atoms with Crippen LogP contribution in [0.4, 0.5) is 0 Å². The Balaban J connectivity index is 2.24. The van der Waals surface area contributed by atoms with Crippen molar-refractivity contribution in [1.29, 1.82) is 0 Å². The Morgan fingerprint density at radius 2 is 1.82 bits per heavy atom. The molecule has 3 aromatic rings. The van der Waals surface area contributed by atoms with E-state index in [0.29, 0.717) is 21.5 Å². The molecule has 1 heterocycles. The van der Waals surface area contributed by atoms with Gasteiger partial charge < -0.3 is 5.11 Å². The minimum atomic E-state index is -1.07. The van der Waals surface area contributed by atoms with Crippen LogP contribution in [0.2, 0.25) is 5.02 Å². The molecule has 0 unspecified atom stereocenters. The highest BCUT2D eigenvalue weighted by atomic mass is 127. The third kappa shape index (κ3) is 2.50. The minimum Gasteiger partial charge on any atom is -0.478 e. The van der Waals surface area contributed by atoms with E-state index in [-0.39, 0.29) is 11.5 Å². The number of halogens is 2. The standard InChI is InChI=1S/C16H9ClINO3/c17-13-6-5-9(18)7-11(13)15(20)19-8-12(16(21)22)10-3-1-2-4-14(10)19/h1-8H,(H,21,22). The van der Waals surface area contributed by atoms with Crippen molar-refractivity contribution in [1.82, 2.24) is 4.57 Å². The lowest BCUT2D eigenvalue weighted by Gasteiger charge is -2.06. The average molecular weight is 426 g/mol. The fourth-order valence-corrected chi connectivity index (χ4v) is 3.00. The zero-order valence-corrected chi connectivity index (χ0v) is 14.0. The van der Waals surface area contributed by atoms with Crippen molar-refractivity contribution in [3.63, 3.8) is 0 Å². The van der Waals surface area contributed by atoms with E-state index in [1.165, 1.54) is 10.8 Å². The van der Waals surface area contributed by atoms with Crippen molar-refractivity contribution in [2.45, 2.75) is 0 Å². The first kappa shape index (κ1) is 15.1. The number of carboxylic acid groups (broad SMARTS) is 1. The monoisotopic (exact) mass is 425 g/mol. The number of rotatable bonds is 2. The molecule has 2 aromatic carbocycles. The van der Waals surface area contributed by atoms with Crippen molar-refractivity contribution in [3.8, 4) is 0 Å². The number of nitrogens with zero attached hydrogens (tertiary/aromatic N) is 1. The Morgan fingerprint density at radius 3 is 2.55 bits per heavy atom. The van der Waals surface area contributed by atoms with Crippen LogP contribution in [0.25, 0.3) is 10.9 Å². The van der Waals surface area contributed by atoms with Gasteiger partial charge in [0, 0.05) is 15.2 Å². The van der Waals surface area contributed by atoms with Gasteiger partial charge >= 0.3 is 5.97 Å². The van der Waals surface area contributed by atoms with Gasteiger partial charge in [-0.25, -0.2) is 4.79 Å². The Hall–Kier alpha value is -1.86. The van der Waals surface area contributed by atoms with Crippen LogP contribution in [0.15, 0.2) is 48.7 Å². The van der Waals surface area contributed by atoms with E-state index >= 15 is 0 Å². The maximum Gasteiger partial charge on any atom is 0.337 e. The molecule has 3 rings (SSSR count). The van der Waals surface area contributed by atoms with Gasteiger partial charge in [-0.1, -0.05) is 29.8 Å². The van der Waals surface area contributed by atoms with Crippen molar-refractivity contribution in [2.24, 2.45) is 0 Å². The van der Waals surface area contributed by atoms with Crippen molar-refractivity contribution in [3.05, 3.63) is 68.4 Å². The number of carbonyl (C=O) groups is 2. The van der Waals surface area contributed by atoms with E-state index in [1.54, 1.807) is 42.5 Å². The molecule has 0 radical (unpaired) electrons. The van der Waals surface area contributed by atoms with Gasteiger partial charge in [-0.3, -0.25) is 9.36 Å². The third-order valence-corrected chi connectivity index (χ3v) is 4.32. The smallest absolute Gasteiger partial charge is 0.337 e. The Kier molecular flexibility index (Phi) is 3.92. The van der Waals surface area contributed by atoms with Crippen LogP contribution in [0.3, 0.4) is 0 Å². The predicted molar refractivity (Wildman–Crippen MR) is 92.8 cm³/mol. The van der Waals surface area contributed by atoms with E-state index < -0.39 is 5.97 Å². The van der Waals surface area contributed by atoms with Crippen LogP contribution < -0.4 is 0 Å². The highest BCUT2D eigenvalue weighted by Gasteiger charge is 2.20. The first-order valence-corrected chi connectivity index (χ1v) is 7.78. The highest BCUT2D eigenvalue weighted by Crippen LogP contribution is 2.25. The zero-order chi connectivity index (χ0) is 15.9. The first-order chi connectivity index (χ1) is 10.5. The fourth-order valence-electron chi connectivity index (χ4n) is 2.31. The van der Waals surface area contributed by atoms with Gasteiger partial charge in [0.25, 0.3) is 5.91 Å². The summed E-state index contributed by atoms with van der Waals surface area (Å²) in [7, 11) is 0. The van der Waals surface area contributed by atoms with Gasteiger partial charge in [-0.2, -0.15) is 0 Å². The summed E-state index contributed by atoms with van der Waals surface area (Å²) in [5.74, 6) is -1.43. The summed E-state index contributed by atoms with van der Waals surface area (Å²) in [6.07, 6.45) is 1.34. The van der Waals surface area contributed by atoms with Gasteiger partial charge in [0.05, 0.1) is 21.7 Å². The van der Waals surface area contributed by atoms with Crippen LogP contribution in [0.5, 0.6) is 0 Å². The van der Waals surface area contributed by atoms with E-state index in [2.05, 4.69) is 22.6 Å². The van der Waals surface area contributed by atoms with Gasteiger partial charge in [-0.15, -0.1) is 0 Å². The second-order valence-electron chi connectivity index (χ2n) is 4.66. The van der Waals surface area contributed by atoms with Gasteiger partial charge in [-0.05, 0) is 46.9 Å². The molecule has 0 fully saturated rings. The van der Waals surface area contributed by atoms with E-state index in [1.807, 2.05) is 0 Å². The van der Waals surface area contributed by atoms with Crippen LogP contribution in [-0.2, 0) is 0 Å². The summed E-state index contributed by atoms with van der Waals surface area (Å²) in [5.41, 5.74) is 0.969. The SMILES string of the molecule is O=C(O)c1cn(C(=O)c2cc(I)ccc2Cl)c2ccccc12. The summed E-state index contributed by atoms with van der Waals surface area (Å²) in [6, 6.07) is 12.0. The lowest BCUT2D eigenvalue weighted by Crippen LogP contribution is -2.11. The number of carboxylic acids is 1. The summed E-state index contributed by atoms with van der Waals surface area (Å²) in [5, 5.41) is 10.1. The molecule has 0 atom stereocenters. The van der Waals surface area contributed by atoms with Gasteiger partial charge in [0.15, 0.2) is 0 Å². The van der Waals surface area contributed by atoms with Crippen LogP contribution in [0, 0.1) is 3.57 Å². The van der Waals surface area contributed by atoms with Gasteiger partial charge in [0.2, 0.25) is 0 Å². The second-order valence-corrected chi connectivity index (χ2v) is 6.32. The number of fused-ring (bicyclic) bond motifs is 1. The lowest BCUT2D eigenvalue weighted by atomic mass is 10.2. The number of hydrogen-bond acceptors (Lipinski definition) is 2. The molecule has 22 heavy (non-hydrogen) atoms. The van der Waals surface area contributed by atoms with E-state index in [0.717, 1.165) is 3.57 Å². The Labute approximate surface area is 144 Å². The fraction of sp³-hybridized carbons (Fsp3) is 0. The zero-order valence-electron chi connectivity index (χ0n) is 11.1. The maximum atomic E-state index is 12.8. The van der Waals surface area contributed by atoms with E-state index in [4.69, 9.17) is 11.6 Å². The van der Waals surface area contributed by atoms with Crippen LogP contribution >= 0.6 is 34.2 Å². The molecule has 0 saturated carbocycles. The molecule has 110 valence electrons. The number of aromatic nitrogens is 1. The molecule has 0 aliphatic rings. The molecule has 1 N–H and O–H groups in total. The molecule has 0 saturated heterocycles. The number of carbonyl (C=O) groups excluding carboxylic acids is 1. The molecule has 4 nitrogen and oxygen atoms in total.